The van der Waals surface area contributed by atoms with E-state index in [-0.39, 0.29) is 17.5 Å². The summed E-state index contributed by atoms with van der Waals surface area (Å²) in [6.45, 7) is 10.0. The number of nitrogens with zero attached hydrogens (tertiary/aromatic N) is 2. The first kappa shape index (κ1) is 16.1. The lowest BCUT2D eigenvalue weighted by Crippen LogP contribution is -2.36. The third kappa shape index (κ3) is 5.38. The van der Waals surface area contributed by atoms with Crippen LogP contribution in [0.25, 0.3) is 0 Å². The van der Waals surface area contributed by atoms with Gasteiger partial charge in [-0.2, -0.15) is 5.10 Å². The maximum atomic E-state index is 11.8. The molecular weight excluding hydrogens is 260 g/mol. The average Bonchev–Trinajstić information content (AvgIpc) is 2.47. The standard InChI is InChI=1S/C13H22N4O3/c1-8-6-14-10(11(18)15-7-8)9(2)16-17-12(19)20-13(3,4)5/h8H,6-7H2,1-5H3,(H,15,18)(H,17,19)/b16-9-. The summed E-state index contributed by atoms with van der Waals surface area (Å²) >= 11 is 0. The van der Waals surface area contributed by atoms with Gasteiger partial charge in [-0.25, -0.2) is 10.2 Å². The molecule has 1 unspecified atom stereocenters. The van der Waals surface area contributed by atoms with Crippen LogP contribution in [0.15, 0.2) is 10.1 Å². The Balaban J connectivity index is 2.68. The molecule has 1 aliphatic rings. The zero-order valence-corrected chi connectivity index (χ0v) is 12.6. The highest BCUT2D eigenvalue weighted by atomic mass is 16.6. The van der Waals surface area contributed by atoms with Crippen LogP contribution in [-0.4, -0.2) is 42.1 Å². The van der Waals surface area contributed by atoms with E-state index in [0.717, 1.165) is 0 Å². The zero-order chi connectivity index (χ0) is 15.3. The van der Waals surface area contributed by atoms with Crippen LogP contribution in [-0.2, 0) is 9.53 Å². The normalized spacial score (nSPS) is 20.6. The Hall–Kier alpha value is -1.92. The van der Waals surface area contributed by atoms with Gasteiger partial charge in [-0.15, -0.1) is 0 Å². The second-order valence-electron chi connectivity index (χ2n) is 5.82. The Morgan fingerprint density at radius 1 is 1.50 bits per heavy atom. The quantitative estimate of drug-likeness (QED) is 0.586. The van der Waals surface area contributed by atoms with Crippen LogP contribution in [0.2, 0.25) is 0 Å². The van der Waals surface area contributed by atoms with E-state index < -0.39 is 11.7 Å². The number of aliphatic imine (C=N–C) groups is 1. The van der Waals surface area contributed by atoms with Gasteiger partial charge in [0.2, 0.25) is 0 Å². The Morgan fingerprint density at radius 3 is 2.75 bits per heavy atom. The average molecular weight is 282 g/mol. The maximum Gasteiger partial charge on any atom is 0.428 e. The molecule has 112 valence electrons. The van der Waals surface area contributed by atoms with E-state index in [1.807, 2.05) is 6.92 Å². The molecule has 0 aromatic heterocycles. The molecule has 2 amide bonds. The molecule has 0 spiro atoms. The molecule has 0 saturated carbocycles. The van der Waals surface area contributed by atoms with Gasteiger partial charge in [0.15, 0.2) is 0 Å². The highest BCUT2D eigenvalue weighted by Crippen LogP contribution is 2.06. The molecule has 1 atom stereocenters. The summed E-state index contributed by atoms with van der Waals surface area (Å²) < 4.78 is 5.05. The van der Waals surface area contributed by atoms with Crippen LogP contribution < -0.4 is 10.7 Å². The van der Waals surface area contributed by atoms with E-state index in [4.69, 9.17) is 4.74 Å². The molecule has 2 N–H and O–H groups in total. The van der Waals surface area contributed by atoms with Crippen LogP contribution >= 0.6 is 0 Å². The molecular formula is C13H22N4O3. The minimum Gasteiger partial charge on any atom is -0.443 e. The number of hydrazone groups is 1. The van der Waals surface area contributed by atoms with Crippen molar-refractivity contribution in [2.24, 2.45) is 16.0 Å². The van der Waals surface area contributed by atoms with Crippen molar-refractivity contribution >= 4 is 23.4 Å². The topological polar surface area (TPSA) is 92.2 Å². The van der Waals surface area contributed by atoms with E-state index in [0.29, 0.717) is 18.8 Å². The molecule has 1 aliphatic heterocycles. The van der Waals surface area contributed by atoms with E-state index in [1.54, 1.807) is 27.7 Å². The minimum atomic E-state index is -0.667. The summed E-state index contributed by atoms with van der Waals surface area (Å²) in [6, 6.07) is 0. The molecule has 7 nitrogen and oxygen atoms in total. The van der Waals surface area contributed by atoms with E-state index in [9.17, 15) is 9.59 Å². The van der Waals surface area contributed by atoms with E-state index >= 15 is 0 Å². The number of rotatable bonds is 2. The number of hydrogen-bond donors (Lipinski definition) is 2. The smallest absolute Gasteiger partial charge is 0.428 e. The van der Waals surface area contributed by atoms with E-state index in [1.165, 1.54) is 0 Å². The van der Waals surface area contributed by atoms with Crippen LogP contribution in [0.3, 0.4) is 0 Å². The molecule has 20 heavy (non-hydrogen) atoms. The summed E-state index contributed by atoms with van der Waals surface area (Å²) in [4.78, 5) is 27.5. The second kappa shape index (κ2) is 6.49. The maximum absolute atomic E-state index is 11.8. The molecule has 7 heteroatoms. The monoisotopic (exact) mass is 282 g/mol. The lowest BCUT2D eigenvalue weighted by molar-refractivity contribution is -0.114. The van der Waals surface area contributed by atoms with Crippen molar-refractivity contribution in [3.63, 3.8) is 0 Å². The van der Waals surface area contributed by atoms with Crippen molar-refractivity contribution in [1.29, 1.82) is 0 Å². The first-order chi connectivity index (χ1) is 9.19. The van der Waals surface area contributed by atoms with Crippen molar-refractivity contribution in [2.75, 3.05) is 13.1 Å². The molecule has 0 aromatic rings. The van der Waals surface area contributed by atoms with Crippen molar-refractivity contribution in [3.05, 3.63) is 0 Å². The number of amides is 2. The number of hydrogen-bond acceptors (Lipinski definition) is 5. The predicted molar refractivity (Wildman–Crippen MR) is 77.0 cm³/mol. The third-order valence-corrected chi connectivity index (χ3v) is 2.44. The van der Waals surface area contributed by atoms with Gasteiger partial charge in [-0.05, 0) is 33.6 Å². The van der Waals surface area contributed by atoms with Gasteiger partial charge in [0.25, 0.3) is 5.91 Å². The molecule has 0 aromatic carbocycles. The fourth-order valence-corrected chi connectivity index (χ4v) is 1.50. The van der Waals surface area contributed by atoms with Crippen LogP contribution in [0.5, 0.6) is 0 Å². The number of carbonyl (C=O) groups excluding carboxylic acids is 2. The van der Waals surface area contributed by atoms with Crippen LogP contribution in [0, 0.1) is 5.92 Å². The third-order valence-electron chi connectivity index (χ3n) is 2.44. The molecule has 0 radical (unpaired) electrons. The van der Waals surface area contributed by atoms with Gasteiger partial charge in [0.05, 0.1) is 5.71 Å². The van der Waals surface area contributed by atoms with Gasteiger partial charge >= 0.3 is 6.09 Å². The second-order valence-corrected chi connectivity index (χ2v) is 5.82. The van der Waals surface area contributed by atoms with Crippen LogP contribution in [0.1, 0.15) is 34.6 Å². The largest absolute Gasteiger partial charge is 0.443 e. The van der Waals surface area contributed by atoms with Crippen LogP contribution in [0.4, 0.5) is 4.79 Å². The Morgan fingerprint density at radius 2 is 2.15 bits per heavy atom. The van der Waals surface area contributed by atoms with Crippen molar-refractivity contribution < 1.29 is 14.3 Å². The van der Waals surface area contributed by atoms with Gasteiger partial charge < -0.3 is 10.1 Å². The summed E-state index contributed by atoms with van der Waals surface area (Å²) in [5.41, 5.74) is 2.25. The Labute approximate surface area is 118 Å². The number of carbonyl (C=O) groups is 2. The lowest BCUT2D eigenvalue weighted by atomic mass is 10.2. The Bertz CT molecular complexity index is 449. The highest BCUT2D eigenvalue weighted by Gasteiger charge is 2.20. The fourth-order valence-electron chi connectivity index (χ4n) is 1.50. The van der Waals surface area contributed by atoms with Crippen molar-refractivity contribution in [2.45, 2.75) is 40.2 Å². The molecule has 1 heterocycles. The first-order valence-corrected chi connectivity index (χ1v) is 6.55. The Kier molecular flexibility index (Phi) is 5.24. The summed E-state index contributed by atoms with van der Waals surface area (Å²) in [6.07, 6.45) is -0.667. The summed E-state index contributed by atoms with van der Waals surface area (Å²) in [5, 5.41) is 6.61. The predicted octanol–water partition coefficient (Wildman–Crippen LogP) is 1.09. The summed E-state index contributed by atoms with van der Waals surface area (Å²) in [7, 11) is 0. The minimum absolute atomic E-state index is 0.241. The molecule has 0 bridgehead atoms. The molecule has 0 aliphatic carbocycles. The number of ether oxygens (including phenoxy) is 1. The van der Waals surface area contributed by atoms with E-state index in [2.05, 4.69) is 20.8 Å². The first-order valence-electron chi connectivity index (χ1n) is 6.55. The van der Waals surface area contributed by atoms with Gasteiger partial charge in [0, 0.05) is 13.1 Å². The van der Waals surface area contributed by atoms with Gasteiger partial charge in [-0.1, -0.05) is 6.92 Å². The molecule has 1 rings (SSSR count). The molecule has 0 fully saturated rings. The lowest BCUT2D eigenvalue weighted by Gasteiger charge is -2.18. The summed E-state index contributed by atoms with van der Waals surface area (Å²) in [5.74, 6) is 0.00431. The van der Waals surface area contributed by atoms with Crippen molar-refractivity contribution in [1.82, 2.24) is 10.7 Å². The fraction of sp³-hybridized carbons (Fsp3) is 0.692. The zero-order valence-electron chi connectivity index (χ0n) is 12.6. The number of nitrogens with one attached hydrogen (secondary N) is 2. The highest BCUT2D eigenvalue weighted by molar-refractivity contribution is 6.66. The molecule has 0 saturated heterocycles. The van der Waals surface area contributed by atoms with Crippen molar-refractivity contribution in [3.8, 4) is 0 Å². The SMILES string of the molecule is C/C(=N/NC(=O)OC(C)(C)C)C1=NCC(C)CNC1=O. The van der Waals surface area contributed by atoms with Gasteiger partial charge in [0.1, 0.15) is 11.3 Å². The van der Waals surface area contributed by atoms with Gasteiger partial charge in [-0.3, -0.25) is 9.79 Å².